The van der Waals surface area contributed by atoms with Gasteiger partial charge in [-0.15, -0.1) is 0 Å². The number of carbonyl (C=O) groups excluding carboxylic acids is 1. The van der Waals surface area contributed by atoms with E-state index in [1.165, 1.54) is 12.8 Å². The summed E-state index contributed by atoms with van der Waals surface area (Å²) in [6.45, 7) is 1.82. The Labute approximate surface area is 172 Å². The zero-order valence-corrected chi connectivity index (χ0v) is 16.8. The number of benzene rings is 2. The molecule has 1 aliphatic carbocycles. The number of carbonyl (C=O) groups is 1. The molecule has 5 heteroatoms. The molecule has 2 aromatic rings. The van der Waals surface area contributed by atoms with Crippen LogP contribution in [-0.2, 0) is 11.3 Å². The Morgan fingerprint density at radius 1 is 1.00 bits per heavy atom. The van der Waals surface area contributed by atoms with Gasteiger partial charge in [0, 0.05) is 24.3 Å². The van der Waals surface area contributed by atoms with E-state index in [9.17, 15) is 4.79 Å². The number of amides is 1. The molecule has 1 atom stereocenters. The van der Waals surface area contributed by atoms with Gasteiger partial charge in [0.05, 0.1) is 12.2 Å². The highest BCUT2D eigenvalue weighted by molar-refractivity contribution is 5.94. The molecule has 1 saturated heterocycles. The number of hydrogen-bond donors (Lipinski definition) is 1. The zero-order valence-electron chi connectivity index (χ0n) is 16.8. The van der Waals surface area contributed by atoms with Crippen molar-refractivity contribution in [3.05, 3.63) is 59.7 Å². The van der Waals surface area contributed by atoms with Crippen molar-refractivity contribution >= 4 is 5.91 Å². The summed E-state index contributed by atoms with van der Waals surface area (Å²) in [7, 11) is 0. The Balaban J connectivity index is 1.29. The van der Waals surface area contributed by atoms with Crippen molar-refractivity contribution in [2.24, 2.45) is 0 Å². The van der Waals surface area contributed by atoms with Gasteiger partial charge in [-0.05, 0) is 68.9 Å². The molecule has 0 radical (unpaired) electrons. The van der Waals surface area contributed by atoms with E-state index in [0.29, 0.717) is 24.8 Å². The summed E-state index contributed by atoms with van der Waals surface area (Å²) in [4.78, 5) is 12.5. The van der Waals surface area contributed by atoms with Crippen LogP contribution in [0.2, 0.25) is 0 Å². The molecule has 29 heavy (non-hydrogen) atoms. The quantitative estimate of drug-likeness (QED) is 0.715. The number of ether oxygens (including phenoxy) is 3. The average Bonchev–Trinajstić information content (AvgIpc) is 3.46. The third-order valence-corrected chi connectivity index (χ3v) is 5.58. The average molecular weight is 395 g/mol. The monoisotopic (exact) mass is 395 g/mol. The Kier molecular flexibility index (Phi) is 6.67. The van der Waals surface area contributed by atoms with Gasteiger partial charge in [0.25, 0.3) is 5.91 Å². The molecule has 154 valence electrons. The lowest BCUT2D eigenvalue weighted by Gasteiger charge is -2.17. The van der Waals surface area contributed by atoms with E-state index in [0.717, 1.165) is 49.4 Å². The summed E-state index contributed by atoms with van der Waals surface area (Å²) in [5.74, 6) is 1.52. The lowest BCUT2D eigenvalue weighted by molar-refractivity contribution is 0.0679. The summed E-state index contributed by atoms with van der Waals surface area (Å²) in [6.07, 6.45) is 7.32. The van der Waals surface area contributed by atoms with Gasteiger partial charge in [0.15, 0.2) is 0 Å². The van der Waals surface area contributed by atoms with Gasteiger partial charge in [-0.25, -0.2) is 0 Å². The first-order valence-electron chi connectivity index (χ1n) is 10.6. The fourth-order valence-corrected chi connectivity index (χ4v) is 3.90. The van der Waals surface area contributed by atoms with Crippen molar-refractivity contribution in [3.63, 3.8) is 0 Å². The van der Waals surface area contributed by atoms with Crippen LogP contribution in [0.4, 0.5) is 0 Å². The molecular weight excluding hydrogens is 366 g/mol. The van der Waals surface area contributed by atoms with Gasteiger partial charge >= 0.3 is 0 Å². The predicted molar refractivity (Wildman–Crippen MR) is 111 cm³/mol. The van der Waals surface area contributed by atoms with Crippen LogP contribution in [0.1, 0.15) is 54.4 Å². The van der Waals surface area contributed by atoms with Gasteiger partial charge in [-0.2, -0.15) is 0 Å². The highest BCUT2D eigenvalue weighted by atomic mass is 16.5. The summed E-state index contributed by atoms with van der Waals surface area (Å²) >= 11 is 0. The summed E-state index contributed by atoms with van der Waals surface area (Å²) in [5.41, 5.74) is 1.62. The van der Waals surface area contributed by atoms with Gasteiger partial charge < -0.3 is 19.5 Å². The van der Waals surface area contributed by atoms with Crippen LogP contribution < -0.4 is 14.8 Å². The molecule has 0 spiro atoms. The minimum absolute atomic E-state index is 0.105. The molecule has 5 nitrogen and oxygen atoms in total. The highest BCUT2D eigenvalue weighted by Crippen LogP contribution is 2.26. The maximum Gasteiger partial charge on any atom is 0.251 e. The molecule has 2 fully saturated rings. The first-order valence-corrected chi connectivity index (χ1v) is 10.6. The minimum atomic E-state index is -0.105. The first-order chi connectivity index (χ1) is 14.3. The highest BCUT2D eigenvalue weighted by Gasteiger charge is 2.18. The normalized spacial score (nSPS) is 19.2. The second kappa shape index (κ2) is 9.79. The number of rotatable bonds is 8. The number of nitrogens with one attached hydrogen (secondary N) is 1. The molecule has 1 aliphatic heterocycles. The summed E-state index contributed by atoms with van der Waals surface area (Å²) < 4.78 is 17.5. The molecule has 2 aromatic carbocycles. The van der Waals surface area contributed by atoms with E-state index in [1.54, 1.807) is 12.1 Å². The minimum Gasteiger partial charge on any atom is -0.491 e. The fourth-order valence-electron chi connectivity index (χ4n) is 3.90. The molecule has 1 unspecified atom stereocenters. The van der Waals surface area contributed by atoms with Crippen molar-refractivity contribution in [1.82, 2.24) is 5.32 Å². The molecule has 4 rings (SSSR count). The summed E-state index contributed by atoms with van der Waals surface area (Å²) in [6, 6.07) is 15.2. The second-order valence-corrected chi connectivity index (χ2v) is 7.79. The van der Waals surface area contributed by atoms with Crippen molar-refractivity contribution in [2.45, 2.75) is 57.3 Å². The Morgan fingerprint density at radius 3 is 2.55 bits per heavy atom. The van der Waals surface area contributed by atoms with Crippen molar-refractivity contribution < 1.29 is 19.0 Å². The van der Waals surface area contributed by atoms with E-state index >= 15 is 0 Å². The van der Waals surface area contributed by atoms with E-state index in [2.05, 4.69) is 5.32 Å². The Hall–Kier alpha value is -2.53. The van der Waals surface area contributed by atoms with E-state index in [4.69, 9.17) is 14.2 Å². The van der Waals surface area contributed by atoms with E-state index in [-0.39, 0.29) is 12.0 Å². The van der Waals surface area contributed by atoms with Crippen molar-refractivity contribution in [1.29, 1.82) is 0 Å². The SMILES string of the molecule is O=C(NCc1ccccc1OC1CCCC1)c1ccc(OCC2CCCO2)cc1. The lowest BCUT2D eigenvalue weighted by atomic mass is 10.1. The van der Waals surface area contributed by atoms with Gasteiger partial charge in [0.1, 0.15) is 18.1 Å². The summed E-state index contributed by atoms with van der Waals surface area (Å²) in [5, 5.41) is 3.00. The molecule has 1 amide bonds. The molecule has 0 bridgehead atoms. The molecule has 0 aromatic heterocycles. The second-order valence-electron chi connectivity index (χ2n) is 7.79. The largest absolute Gasteiger partial charge is 0.491 e. The van der Waals surface area contributed by atoms with Crippen LogP contribution in [0.25, 0.3) is 0 Å². The molecule has 1 heterocycles. The molecule has 2 aliphatic rings. The lowest BCUT2D eigenvalue weighted by Crippen LogP contribution is -2.23. The van der Waals surface area contributed by atoms with E-state index < -0.39 is 0 Å². The third-order valence-electron chi connectivity index (χ3n) is 5.58. The van der Waals surface area contributed by atoms with Gasteiger partial charge in [-0.3, -0.25) is 4.79 Å². The smallest absolute Gasteiger partial charge is 0.251 e. The van der Waals surface area contributed by atoms with Crippen molar-refractivity contribution in [2.75, 3.05) is 13.2 Å². The van der Waals surface area contributed by atoms with Crippen LogP contribution in [0, 0.1) is 0 Å². The fraction of sp³-hybridized carbons (Fsp3) is 0.458. The zero-order chi connectivity index (χ0) is 19.9. The van der Waals surface area contributed by atoms with Crippen LogP contribution in [0.3, 0.4) is 0 Å². The maximum atomic E-state index is 12.5. The number of para-hydroxylation sites is 1. The third kappa shape index (κ3) is 5.51. The maximum absolute atomic E-state index is 12.5. The topological polar surface area (TPSA) is 56.8 Å². The molecular formula is C24H29NO4. The van der Waals surface area contributed by atoms with Crippen LogP contribution in [0.15, 0.2) is 48.5 Å². The van der Waals surface area contributed by atoms with E-state index in [1.807, 2.05) is 36.4 Å². The standard InChI is InChI=1S/C24H29NO4/c26-24(18-11-13-20(14-12-18)28-17-22-9-5-15-27-22)25-16-19-6-1-4-10-23(19)29-21-7-2-3-8-21/h1,4,6,10-14,21-22H,2-3,5,7-9,15-17H2,(H,25,26). The van der Waals surface area contributed by atoms with Crippen LogP contribution in [0.5, 0.6) is 11.5 Å². The van der Waals surface area contributed by atoms with Crippen LogP contribution >= 0.6 is 0 Å². The predicted octanol–water partition coefficient (Wildman–Crippen LogP) is 4.50. The molecule has 1 saturated carbocycles. The molecule has 1 N–H and O–H groups in total. The van der Waals surface area contributed by atoms with Crippen molar-refractivity contribution in [3.8, 4) is 11.5 Å². The first kappa shape index (κ1) is 19.8. The number of hydrogen-bond acceptors (Lipinski definition) is 4. The van der Waals surface area contributed by atoms with Gasteiger partial charge in [-0.1, -0.05) is 18.2 Å². The van der Waals surface area contributed by atoms with Gasteiger partial charge in [0.2, 0.25) is 0 Å². The van der Waals surface area contributed by atoms with Crippen LogP contribution in [-0.4, -0.2) is 31.3 Å². The Morgan fingerprint density at radius 2 is 1.79 bits per heavy atom. The Bertz CT molecular complexity index is 793.